The Morgan fingerprint density at radius 1 is 1.00 bits per heavy atom. The Morgan fingerprint density at radius 2 is 1.80 bits per heavy atom. The third kappa shape index (κ3) is 6.75. The number of likely N-dealkylation sites (N-methyl/N-ethyl adjacent to an activating group) is 1. The molecule has 3 aliphatic carbocycles. The summed E-state index contributed by atoms with van der Waals surface area (Å²) < 4.78 is 11.7. The van der Waals surface area contributed by atoms with Crippen molar-refractivity contribution in [2.45, 2.75) is 70.4 Å². The van der Waals surface area contributed by atoms with E-state index in [1.54, 1.807) is 0 Å². The quantitative estimate of drug-likeness (QED) is 0.108. The number of anilines is 2. The van der Waals surface area contributed by atoms with E-state index < -0.39 is 6.16 Å². The zero-order valence-electron chi connectivity index (χ0n) is 32.6. The molecule has 11 nitrogen and oxygen atoms in total. The molecule has 9 rings (SSSR count). The van der Waals surface area contributed by atoms with Crippen LogP contribution in [-0.4, -0.2) is 83.9 Å². The molecule has 5 aliphatic rings. The number of rotatable bonds is 11. The second kappa shape index (κ2) is 14.1. The molecule has 290 valence electrons. The van der Waals surface area contributed by atoms with Gasteiger partial charge in [-0.05, 0) is 86.6 Å². The molecule has 1 amide bonds. The van der Waals surface area contributed by atoms with E-state index in [-0.39, 0.29) is 36.0 Å². The van der Waals surface area contributed by atoms with E-state index >= 15 is 0 Å². The van der Waals surface area contributed by atoms with Crippen molar-refractivity contribution in [1.82, 2.24) is 15.2 Å². The third-order valence-corrected chi connectivity index (χ3v) is 13.4. The summed E-state index contributed by atoms with van der Waals surface area (Å²) in [6.45, 7) is 8.44. The van der Waals surface area contributed by atoms with E-state index in [1.807, 2.05) is 98.2 Å². The van der Waals surface area contributed by atoms with E-state index in [0.717, 1.165) is 66.4 Å². The van der Waals surface area contributed by atoms with E-state index in [9.17, 15) is 9.59 Å². The van der Waals surface area contributed by atoms with Crippen LogP contribution in [0, 0.1) is 17.8 Å². The van der Waals surface area contributed by atoms with Gasteiger partial charge in [-0.1, -0.05) is 61.0 Å². The normalized spacial score (nSPS) is 27.6. The van der Waals surface area contributed by atoms with Gasteiger partial charge in [-0.15, -0.1) is 0 Å². The Balaban J connectivity index is 0.783. The summed E-state index contributed by atoms with van der Waals surface area (Å²) in [5.74, 6) is -0.148. The van der Waals surface area contributed by atoms with Crippen LogP contribution < -0.4 is 16.0 Å². The number of ether oxygens (including phenoxy) is 2. The van der Waals surface area contributed by atoms with Crippen molar-refractivity contribution in [2.75, 3.05) is 50.6 Å². The zero-order chi connectivity index (χ0) is 38.5. The Hall–Kier alpha value is -5.10. The Morgan fingerprint density at radius 3 is 2.57 bits per heavy atom. The van der Waals surface area contributed by atoms with Crippen molar-refractivity contribution in [1.29, 1.82) is 0 Å². The number of nitrogens with zero attached hydrogens (tertiary/aromatic N) is 4. The first-order valence-corrected chi connectivity index (χ1v) is 20.1. The summed E-state index contributed by atoms with van der Waals surface area (Å²) in [7, 11) is 2.11. The van der Waals surface area contributed by atoms with Crippen molar-refractivity contribution >= 4 is 29.1 Å². The van der Waals surface area contributed by atoms with Gasteiger partial charge in [-0.2, -0.15) is 0 Å². The maximum absolute atomic E-state index is 13.4. The molecular formula is C45H52N7O4+. The van der Waals surface area contributed by atoms with Crippen molar-refractivity contribution in [3.63, 3.8) is 0 Å². The van der Waals surface area contributed by atoms with Gasteiger partial charge < -0.3 is 20.1 Å². The lowest BCUT2D eigenvalue weighted by molar-refractivity contribution is -0.929. The van der Waals surface area contributed by atoms with Crippen molar-refractivity contribution < 1.29 is 23.5 Å². The number of carbonyl (C=O) groups is 2. The van der Waals surface area contributed by atoms with Gasteiger partial charge in [-0.3, -0.25) is 24.5 Å². The number of aryl methyl sites for hydroxylation is 1. The fraction of sp³-hybridized carbons (Fsp3) is 0.422. The summed E-state index contributed by atoms with van der Waals surface area (Å²) in [5, 5.41) is 10.8. The predicted octanol–water partition coefficient (Wildman–Crippen LogP) is 7.27. The number of aromatic nitrogens is 1. The van der Waals surface area contributed by atoms with Crippen LogP contribution in [0.15, 0.2) is 102 Å². The molecular weight excluding hydrogens is 703 g/mol. The molecule has 5 unspecified atom stereocenters. The zero-order valence-corrected chi connectivity index (χ0v) is 32.6. The molecule has 3 N–H and O–H groups in total. The third-order valence-electron chi connectivity index (χ3n) is 13.4. The van der Waals surface area contributed by atoms with Crippen LogP contribution >= 0.6 is 0 Å². The maximum atomic E-state index is 13.4. The fourth-order valence-corrected chi connectivity index (χ4v) is 9.99. The van der Waals surface area contributed by atoms with E-state index in [1.165, 1.54) is 37.8 Å². The number of quaternary nitrogens is 1. The number of nitrogens with one attached hydrogen (secondary N) is 3. The van der Waals surface area contributed by atoms with Gasteiger partial charge in [0.25, 0.3) is 5.91 Å². The van der Waals surface area contributed by atoms with Crippen LogP contribution in [0.4, 0.5) is 16.2 Å². The molecule has 4 aromatic rings. The highest BCUT2D eigenvalue weighted by atomic mass is 16.7. The van der Waals surface area contributed by atoms with Gasteiger partial charge in [0.1, 0.15) is 6.10 Å². The number of hydrogen-bond acceptors (Lipinski definition) is 9. The number of carbonyl (C=O) groups excluding carboxylic acids is 2. The lowest BCUT2D eigenvalue weighted by atomic mass is 9.80. The molecule has 3 aromatic carbocycles. The lowest BCUT2D eigenvalue weighted by Gasteiger charge is -2.41. The molecule has 2 bridgehead atoms. The Labute approximate surface area is 329 Å². The average molecular weight is 755 g/mol. The minimum Gasteiger partial charge on any atom is -0.426 e. The minimum atomic E-state index is -0.641. The monoisotopic (exact) mass is 754 g/mol. The van der Waals surface area contributed by atoms with Gasteiger partial charge in [0.2, 0.25) is 6.73 Å². The molecule has 2 aliphatic heterocycles. The molecule has 3 heterocycles. The number of amides is 1. The highest BCUT2D eigenvalue weighted by molar-refractivity contribution is 6.09. The van der Waals surface area contributed by atoms with Crippen LogP contribution in [0.5, 0.6) is 0 Å². The van der Waals surface area contributed by atoms with Crippen molar-refractivity contribution in [3.05, 3.63) is 125 Å². The van der Waals surface area contributed by atoms with Gasteiger partial charge in [0.05, 0.1) is 25.8 Å². The maximum Gasteiger partial charge on any atom is 0.513 e. The lowest BCUT2D eigenvalue weighted by Crippen LogP contribution is -2.58. The summed E-state index contributed by atoms with van der Waals surface area (Å²) in [6, 6.07) is 27.7. The fourth-order valence-electron chi connectivity index (χ4n) is 9.99. The molecule has 4 fully saturated rings. The first-order chi connectivity index (χ1) is 27.1. The van der Waals surface area contributed by atoms with Gasteiger partial charge in [0, 0.05) is 70.9 Å². The number of pyridine rings is 1. The molecule has 1 spiro atoms. The number of hydrogen-bond donors (Lipinski definition) is 3. The van der Waals surface area contributed by atoms with Gasteiger partial charge >= 0.3 is 6.16 Å². The van der Waals surface area contributed by atoms with E-state index in [4.69, 9.17) is 14.5 Å². The second-order valence-corrected chi connectivity index (χ2v) is 17.1. The number of piperazine rings is 1. The average Bonchev–Trinajstić information content (AvgIpc) is 4.08. The first kappa shape index (κ1) is 36.5. The molecule has 1 aromatic heterocycles. The summed E-state index contributed by atoms with van der Waals surface area (Å²) in [5.41, 5.74) is 8.40. The highest BCUT2D eigenvalue weighted by Gasteiger charge is 2.89. The van der Waals surface area contributed by atoms with Crippen LogP contribution in [0.2, 0.25) is 0 Å². The van der Waals surface area contributed by atoms with Crippen LogP contribution in [0.25, 0.3) is 0 Å². The number of benzene rings is 3. The molecule has 11 heteroatoms. The second-order valence-electron chi connectivity index (χ2n) is 17.1. The standard InChI is InChI=1S/C45H51N7O4/c1-31-12-17-37(25-38(31)48-41-49-39(36-11-7-20-46-26-36)43-18-8-19-45(50-41)29-44(43,45)28-43)47-40(53)35-15-13-33(14-16-35)27-51-21-23-52(3,24-22-51)30-55-42(54)56-32(2)34-9-5-4-6-10-34/h4-7,9-17,20,25-26,32,41,48,50H,8,18-19,21-24,27-30H2,1-3H3/p+1. The molecule has 3 saturated carbocycles. The van der Waals surface area contributed by atoms with Crippen LogP contribution in [0.3, 0.4) is 0 Å². The van der Waals surface area contributed by atoms with Crippen molar-refractivity contribution in [2.24, 2.45) is 15.8 Å². The molecule has 56 heavy (non-hydrogen) atoms. The van der Waals surface area contributed by atoms with Gasteiger partial charge in [0.15, 0.2) is 6.29 Å². The molecule has 0 radical (unpaired) electrons. The topological polar surface area (TPSA) is 117 Å². The SMILES string of the molecule is Cc1ccc(NC(=O)c2ccc(CN3CC[N+](C)(COC(=O)OC(C)c4ccccc4)CC3)cc2)cc1NC1N=C(c2cccnc2)C23CCCC4(CC42C3)N1. The molecule has 1 saturated heterocycles. The Bertz CT molecular complexity index is 2140. The van der Waals surface area contributed by atoms with E-state index in [0.29, 0.717) is 15.5 Å². The first-order valence-electron chi connectivity index (χ1n) is 20.1. The summed E-state index contributed by atoms with van der Waals surface area (Å²) in [6.07, 6.45) is 8.55. The highest BCUT2D eigenvalue weighted by Crippen LogP contribution is 2.89. The Kier molecular flexibility index (Phi) is 9.22. The molecule has 5 atom stereocenters. The minimum absolute atomic E-state index is 0.143. The summed E-state index contributed by atoms with van der Waals surface area (Å²) in [4.78, 5) is 38.1. The van der Waals surface area contributed by atoms with Gasteiger partial charge in [-0.25, -0.2) is 9.79 Å². The predicted molar refractivity (Wildman–Crippen MR) is 216 cm³/mol. The smallest absolute Gasteiger partial charge is 0.426 e. The largest absolute Gasteiger partial charge is 0.513 e. The summed E-state index contributed by atoms with van der Waals surface area (Å²) >= 11 is 0. The van der Waals surface area contributed by atoms with E-state index in [2.05, 4.69) is 45.9 Å². The van der Waals surface area contributed by atoms with Crippen LogP contribution in [-0.2, 0) is 16.0 Å². The van der Waals surface area contributed by atoms with Crippen LogP contribution in [0.1, 0.15) is 77.7 Å². The van der Waals surface area contributed by atoms with Crippen molar-refractivity contribution in [3.8, 4) is 0 Å². The number of aliphatic imine (C=N–C) groups is 1.